The molecule has 8 atom stereocenters. The normalized spacial score (nSPS) is 30.9. The van der Waals surface area contributed by atoms with Crippen LogP contribution in [-0.2, 0) is 14.2 Å². The summed E-state index contributed by atoms with van der Waals surface area (Å²) < 4.78 is 50.2. The molecular weight excluding hydrogens is 604 g/mol. The molecule has 45 heavy (non-hydrogen) atoms. The first-order valence-electron chi connectivity index (χ1n) is 13.8. The van der Waals surface area contributed by atoms with Crippen molar-refractivity contribution >= 4 is 11.0 Å². The number of rotatable bonds is 9. The molecule has 2 aromatic carbocycles. The molecule has 16 nitrogen and oxygen atoms in total. The van der Waals surface area contributed by atoms with Gasteiger partial charge in [0, 0.05) is 11.6 Å². The fourth-order valence-electron chi connectivity index (χ4n) is 5.28. The number of ether oxygens (including phenoxy) is 8. The van der Waals surface area contributed by atoms with Gasteiger partial charge in [-0.1, -0.05) is 0 Å². The molecule has 3 aliphatic rings. The zero-order valence-electron chi connectivity index (χ0n) is 24.0. The third-order valence-corrected chi connectivity index (χ3v) is 7.90. The molecule has 4 heterocycles. The highest BCUT2D eigenvalue weighted by molar-refractivity contribution is 5.92. The van der Waals surface area contributed by atoms with Gasteiger partial charge < -0.3 is 73.0 Å². The van der Waals surface area contributed by atoms with E-state index in [2.05, 4.69) is 0 Å². The molecule has 16 heteroatoms. The van der Waals surface area contributed by atoms with Crippen LogP contribution in [-0.4, -0.2) is 120 Å². The number of hydrogen-bond acceptors (Lipinski definition) is 16. The van der Waals surface area contributed by atoms with Crippen molar-refractivity contribution in [3.63, 3.8) is 0 Å². The van der Waals surface area contributed by atoms with Crippen molar-refractivity contribution in [1.82, 2.24) is 0 Å². The maximum absolute atomic E-state index is 14.1. The average molecular weight is 637 g/mol. The second-order valence-corrected chi connectivity index (χ2v) is 10.7. The van der Waals surface area contributed by atoms with E-state index in [1.807, 2.05) is 0 Å². The zero-order chi connectivity index (χ0) is 32.0. The summed E-state index contributed by atoms with van der Waals surface area (Å²) in [6.07, 6.45) is -11.6. The highest BCUT2D eigenvalue weighted by Crippen LogP contribution is 2.47. The van der Waals surface area contributed by atoms with Crippen LogP contribution < -0.4 is 29.1 Å². The SMILES string of the molecule is COc1ccc(-c2oc3cc4c(c(OC)c3c(=O)c2O[C@@H]2O[C@H](CO[C@@H]3OC[C@](O)(CO)[C@H]3O)[C@@H](O)[C@H](O)[C@H]2O)OCO4)cc1. The maximum Gasteiger partial charge on any atom is 0.239 e. The molecule has 2 saturated heterocycles. The van der Waals surface area contributed by atoms with Crippen LogP contribution in [0.3, 0.4) is 0 Å². The fourth-order valence-corrected chi connectivity index (χ4v) is 5.28. The average Bonchev–Trinajstić information content (AvgIpc) is 3.64. The quantitative estimate of drug-likeness (QED) is 0.163. The molecule has 0 bridgehead atoms. The monoisotopic (exact) mass is 636 g/mol. The summed E-state index contributed by atoms with van der Waals surface area (Å²) in [4.78, 5) is 14.1. The standard InChI is InChI=1S/C29H32O16/c1-37-13-5-3-12(4-6-13)22-25(19(32)17-14(43-22)7-15-23(24(17)38-2)42-11-41-15)45-27-21(34)20(33)18(31)16(44-27)8-39-28-26(35)29(36,9-30)10-40-28/h3-7,16,18,20-21,26-28,30-31,33-36H,8-11H2,1-2H3/t16-,18-,20+,21-,26+,27+,28-,29-/m1/s1. The summed E-state index contributed by atoms with van der Waals surface area (Å²) in [7, 11) is 2.82. The fraction of sp³-hybridized carbons (Fsp3) is 0.483. The molecule has 2 fully saturated rings. The van der Waals surface area contributed by atoms with Gasteiger partial charge in [-0.25, -0.2) is 0 Å². The molecular formula is C29H32O16. The van der Waals surface area contributed by atoms with Gasteiger partial charge in [-0.05, 0) is 24.3 Å². The van der Waals surface area contributed by atoms with Gasteiger partial charge >= 0.3 is 0 Å². The topological polar surface area (TPSA) is 225 Å². The Kier molecular flexibility index (Phi) is 8.51. The maximum atomic E-state index is 14.1. The third-order valence-electron chi connectivity index (χ3n) is 7.90. The van der Waals surface area contributed by atoms with E-state index < -0.39 is 79.7 Å². The Labute approximate surface area is 254 Å². The predicted molar refractivity (Wildman–Crippen MR) is 148 cm³/mol. The third kappa shape index (κ3) is 5.43. The van der Waals surface area contributed by atoms with Crippen LogP contribution in [0.1, 0.15) is 0 Å². The van der Waals surface area contributed by atoms with Gasteiger partial charge in [-0.3, -0.25) is 4.79 Å². The van der Waals surface area contributed by atoms with Crippen molar-refractivity contribution < 1.29 is 73.0 Å². The van der Waals surface area contributed by atoms with Gasteiger partial charge in [0.1, 0.15) is 52.8 Å². The molecule has 6 N–H and O–H groups in total. The molecule has 0 unspecified atom stereocenters. The lowest BCUT2D eigenvalue weighted by molar-refractivity contribution is -0.289. The van der Waals surface area contributed by atoms with Crippen LogP contribution in [0.4, 0.5) is 0 Å². The van der Waals surface area contributed by atoms with Gasteiger partial charge in [0.2, 0.25) is 30.0 Å². The van der Waals surface area contributed by atoms with E-state index in [4.69, 9.17) is 42.3 Å². The lowest BCUT2D eigenvalue weighted by Gasteiger charge is -2.40. The highest BCUT2D eigenvalue weighted by atomic mass is 16.7. The Morgan fingerprint density at radius 1 is 0.956 bits per heavy atom. The van der Waals surface area contributed by atoms with Crippen LogP contribution in [0.15, 0.2) is 39.5 Å². The summed E-state index contributed by atoms with van der Waals surface area (Å²) in [6, 6.07) is 7.93. The first-order chi connectivity index (χ1) is 21.6. The van der Waals surface area contributed by atoms with Gasteiger partial charge in [-0.15, -0.1) is 0 Å². The Hall–Kier alpha value is -3.71. The first kappa shape index (κ1) is 31.3. The Morgan fingerprint density at radius 3 is 2.38 bits per heavy atom. The molecule has 1 aromatic heterocycles. The molecule has 3 aromatic rings. The van der Waals surface area contributed by atoms with Crippen molar-refractivity contribution in [1.29, 1.82) is 0 Å². The van der Waals surface area contributed by atoms with Crippen LogP contribution in [0.2, 0.25) is 0 Å². The van der Waals surface area contributed by atoms with E-state index in [1.54, 1.807) is 24.3 Å². The van der Waals surface area contributed by atoms with E-state index in [9.17, 15) is 35.4 Å². The second kappa shape index (κ2) is 12.2. The highest BCUT2D eigenvalue weighted by Gasteiger charge is 2.50. The minimum Gasteiger partial charge on any atom is -0.497 e. The minimum absolute atomic E-state index is 0.0182. The number of aliphatic hydroxyl groups excluding tert-OH is 5. The van der Waals surface area contributed by atoms with Crippen molar-refractivity contribution in [3.05, 3.63) is 40.6 Å². The van der Waals surface area contributed by atoms with E-state index in [1.165, 1.54) is 20.3 Å². The van der Waals surface area contributed by atoms with Crippen molar-refractivity contribution in [3.8, 4) is 40.1 Å². The van der Waals surface area contributed by atoms with E-state index in [0.29, 0.717) is 11.3 Å². The lowest BCUT2D eigenvalue weighted by atomic mass is 9.99. The zero-order valence-corrected chi connectivity index (χ0v) is 24.0. The summed E-state index contributed by atoms with van der Waals surface area (Å²) in [5.41, 5.74) is -2.26. The van der Waals surface area contributed by atoms with Crippen LogP contribution >= 0.6 is 0 Å². The molecule has 0 radical (unpaired) electrons. The van der Waals surface area contributed by atoms with Crippen molar-refractivity contribution in [2.75, 3.05) is 40.8 Å². The lowest BCUT2D eigenvalue weighted by Crippen LogP contribution is -2.60. The molecule has 244 valence electrons. The Bertz CT molecular complexity index is 1590. The summed E-state index contributed by atoms with van der Waals surface area (Å²) >= 11 is 0. The molecule has 0 amide bonds. The van der Waals surface area contributed by atoms with Crippen LogP contribution in [0.5, 0.6) is 28.7 Å². The molecule has 0 spiro atoms. The molecule has 3 aliphatic heterocycles. The van der Waals surface area contributed by atoms with Crippen molar-refractivity contribution in [2.24, 2.45) is 0 Å². The van der Waals surface area contributed by atoms with Gasteiger partial charge in [0.05, 0.1) is 34.0 Å². The van der Waals surface area contributed by atoms with Gasteiger partial charge in [0.25, 0.3) is 0 Å². The minimum atomic E-state index is -1.96. The molecule has 6 rings (SSSR count). The smallest absolute Gasteiger partial charge is 0.239 e. The number of methoxy groups -OCH3 is 2. The summed E-state index contributed by atoms with van der Waals surface area (Å²) in [6.45, 7) is -1.86. The number of fused-ring (bicyclic) bond motifs is 2. The number of aliphatic hydroxyl groups is 6. The van der Waals surface area contributed by atoms with Crippen molar-refractivity contribution in [2.45, 2.75) is 48.7 Å². The predicted octanol–water partition coefficient (Wildman–Crippen LogP) is -1.15. The number of benzene rings is 2. The molecule has 0 saturated carbocycles. The Morgan fingerprint density at radius 2 is 1.71 bits per heavy atom. The largest absolute Gasteiger partial charge is 0.497 e. The van der Waals surface area contributed by atoms with Crippen LogP contribution in [0, 0.1) is 0 Å². The second-order valence-electron chi connectivity index (χ2n) is 10.7. The van der Waals surface area contributed by atoms with Gasteiger partial charge in [-0.2, -0.15) is 0 Å². The number of hydrogen-bond donors (Lipinski definition) is 6. The first-order valence-corrected chi connectivity index (χ1v) is 13.8. The van der Waals surface area contributed by atoms with Crippen LogP contribution in [0.25, 0.3) is 22.3 Å². The molecule has 0 aliphatic carbocycles. The van der Waals surface area contributed by atoms with E-state index in [-0.39, 0.29) is 40.8 Å². The van der Waals surface area contributed by atoms with Gasteiger partial charge in [0.15, 0.2) is 23.5 Å². The summed E-state index contributed by atoms with van der Waals surface area (Å²) in [5.74, 6) is 0.496. The van der Waals surface area contributed by atoms with E-state index >= 15 is 0 Å². The van der Waals surface area contributed by atoms with E-state index in [0.717, 1.165) is 0 Å². The Balaban J connectivity index is 1.36. The summed E-state index contributed by atoms with van der Waals surface area (Å²) in [5, 5.41) is 61.9.